The summed E-state index contributed by atoms with van der Waals surface area (Å²) in [5.74, 6) is 0.175. The minimum atomic E-state index is -0.277. The highest BCUT2D eigenvalue weighted by molar-refractivity contribution is 7.13. The van der Waals surface area contributed by atoms with Crippen LogP contribution < -0.4 is 5.32 Å². The van der Waals surface area contributed by atoms with E-state index < -0.39 is 0 Å². The molecule has 23 heavy (non-hydrogen) atoms. The molecular formula is C15H18N4O3S. The van der Waals surface area contributed by atoms with E-state index in [2.05, 4.69) is 15.5 Å². The van der Waals surface area contributed by atoms with Crippen LogP contribution in [0.15, 0.2) is 29.8 Å². The van der Waals surface area contributed by atoms with Gasteiger partial charge in [0.15, 0.2) is 0 Å². The molecule has 1 aromatic heterocycles. The Morgan fingerprint density at radius 2 is 2.35 bits per heavy atom. The number of benzene rings is 1. The zero-order chi connectivity index (χ0) is 16.1. The molecule has 2 aromatic rings. The van der Waals surface area contributed by atoms with Crippen molar-refractivity contribution in [3.8, 4) is 5.75 Å². The number of ether oxygens (including phenoxy) is 1. The largest absolute Gasteiger partial charge is 0.508 e. The Labute approximate surface area is 137 Å². The SMILES string of the molecule is O=C(Nc1nncs1)N(Cc1ccccc1O)CC1CCCO1. The van der Waals surface area contributed by atoms with Crippen LogP contribution in [0.4, 0.5) is 9.93 Å². The van der Waals surface area contributed by atoms with Gasteiger partial charge in [-0.2, -0.15) is 0 Å². The Hall–Kier alpha value is -2.19. The summed E-state index contributed by atoms with van der Waals surface area (Å²) in [5.41, 5.74) is 2.25. The van der Waals surface area contributed by atoms with Crippen LogP contribution in [0, 0.1) is 0 Å². The molecule has 0 bridgehead atoms. The van der Waals surface area contributed by atoms with Gasteiger partial charge < -0.3 is 14.7 Å². The molecule has 0 radical (unpaired) electrons. The molecule has 7 nitrogen and oxygen atoms in total. The molecule has 1 fully saturated rings. The summed E-state index contributed by atoms with van der Waals surface area (Å²) < 4.78 is 5.63. The lowest BCUT2D eigenvalue weighted by molar-refractivity contribution is 0.0817. The number of aromatic hydroxyl groups is 1. The van der Waals surface area contributed by atoms with Crippen LogP contribution in [-0.4, -0.2) is 45.5 Å². The topological polar surface area (TPSA) is 87.6 Å². The molecule has 2 N–H and O–H groups in total. The molecule has 122 valence electrons. The van der Waals surface area contributed by atoms with Gasteiger partial charge in [0.25, 0.3) is 0 Å². The van der Waals surface area contributed by atoms with Crippen molar-refractivity contribution in [2.24, 2.45) is 0 Å². The van der Waals surface area contributed by atoms with Crippen molar-refractivity contribution in [3.63, 3.8) is 0 Å². The summed E-state index contributed by atoms with van der Waals surface area (Å²) in [4.78, 5) is 14.2. The average Bonchev–Trinajstić information content (AvgIpc) is 3.22. The van der Waals surface area contributed by atoms with Crippen molar-refractivity contribution >= 4 is 22.5 Å². The average molecular weight is 334 g/mol. The molecule has 1 saturated heterocycles. The molecule has 1 atom stereocenters. The van der Waals surface area contributed by atoms with Gasteiger partial charge in [0.2, 0.25) is 5.13 Å². The first-order valence-electron chi connectivity index (χ1n) is 7.43. The molecule has 1 aliphatic rings. The van der Waals surface area contributed by atoms with E-state index in [9.17, 15) is 9.90 Å². The summed E-state index contributed by atoms with van der Waals surface area (Å²) in [5, 5.41) is 20.7. The van der Waals surface area contributed by atoms with Crippen molar-refractivity contribution < 1.29 is 14.6 Å². The van der Waals surface area contributed by atoms with Gasteiger partial charge in [0.05, 0.1) is 12.6 Å². The van der Waals surface area contributed by atoms with E-state index in [4.69, 9.17) is 4.74 Å². The highest BCUT2D eigenvalue weighted by Crippen LogP contribution is 2.21. The number of hydrogen-bond acceptors (Lipinski definition) is 6. The van der Waals surface area contributed by atoms with Crippen molar-refractivity contribution in [1.82, 2.24) is 15.1 Å². The minimum Gasteiger partial charge on any atom is -0.508 e. The number of anilines is 1. The lowest BCUT2D eigenvalue weighted by Crippen LogP contribution is -2.39. The number of phenolic OH excluding ortho intramolecular Hbond substituents is 1. The quantitative estimate of drug-likeness (QED) is 0.877. The number of nitrogens with zero attached hydrogens (tertiary/aromatic N) is 3. The molecule has 0 saturated carbocycles. The van der Waals surface area contributed by atoms with Gasteiger partial charge in [-0.3, -0.25) is 5.32 Å². The van der Waals surface area contributed by atoms with Crippen molar-refractivity contribution in [2.45, 2.75) is 25.5 Å². The summed E-state index contributed by atoms with van der Waals surface area (Å²) in [6.45, 7) is 1.50. The maximum absolute atomic E-state index is 12.5. The van der Waals surface area contributed by atoms with Crippen molar-refractivity contribution in [1.29, 1.82) is 0 Å². The maximum atomic E-state index is 12.5. The fraction of sp³-hybridized carbons (Fsp3) is 0.400. The third-order valence-electron chi connectivity index (χ3n) is 3.66. The molecule has 0 aliphatic carbocycles. The van der Waals surface area contributed by atoms with Gasteiger partial charge in [0.1, 0.15) is 11.3 Å². The fourth-order valence-corrected chi connectivity index (χ4v) is 2.94. The maximum Gasteiger partial charge on any atom is 0.324 e. The smallest absolute Gasteiger partial charge is 0.324 e. The van der Waals surface area contributed by atoms with Crippen LogP contribution in [0.5, 0.6) is 5.75 Å². The number of urea groups is 1. The van der Waals surface area contributed by atoms with Crippen LogP contribution in [0.2, 0.25) is 0 Å². The molecule has 3 rings (SSSR count). The second-order valence-electron chi connectivity index (χ2n) is 5.32. The third-order valence-corrected chi connectivity index (χ3v) is 4.27. The zero-order valence-corrected chi connectivity index (χ0v) is 13.3. The number of nitrogens with one attached hydrogen (secondary N) is 1. The van der Waals surface area contributed by atoms with Gasteiger partial charge in [-0.25, -0.2) is 4.79 Å². The van der Waals surface area contributed by atoms with E-state index in [1.54, 1.807) is 28.6 Å². The predicted octanol–water partition coefficient (Wildman–Crippen LogP) is 2.46. The molecule has 1 unspecified atom stereocenters. The molecule has 2 amide bonds. The van der Waals surface area contributed by atoms with Crippen molar-refractivity contribution in [3.05, 3.63) is 35.3 Å². The first kappa shape index (κ1) is 15.7. The van der Waals surface area contributed by atoms with E-state index >= 15 is 0 Å². The number of amides is 2. The second kappa shape index (κ2) is 7.38. The number of rotatable bonds is 5. The Balaban J connectivity index is 1.72. The molecular weight excluding hydrogens is 316 g/mol. The predicted molar refractivity (Wildman–Crippen MR) is 86.4 cm³/mol. The van der Waals surface area contributed by atoms with Crippen LogP contribution in [0.3, 0.4) is 0 Å². The van der Waals surface area contributed by atoms with Gasteiger partial charge >= 0.3 is 6.03 Å². The van der Waals surface area contributed by atoms with E-state index in [-0.39, 0.29) is 17.9 Å². The number of aromatic nitrogens is 2. The van der Waals surface area contributed by atoms with Gasteiger partial charge in [-0.05, 0) is 18.9 Å². The normalized spacial score (nSPS) is 17.1. The Morgan fingerprint density at radius 1 is 1.48 bits per heavy atom. The number of carbonyl (C=O) groups is 1. The van der Waals surface area contributed by atoms with Crippen LogP contribution >= 0.6 is 11.3 Å². The molecule has 0 spiro atoms. The minimum absolute atomic E-state index is 0.0287. The molecule has 8 heteroatoms. The van der Waals surface area contributed by atoms with Crippen molar-refractivity contribution in [2.75, 3.05) is 18.5 Å². The Kier molecular flexibility index (Phi) is 5.04. The highest BCUT2D eigenvalue weighted by Gasteiger charge is 2.24. The lowest BCUT2D eigenvalue weighted by Gasteiger charge is -2.25. The summed E-state index contributed by atoms with van der Waals surface area (Å²) in [6, 6.07) is 6.73. The molecule has 1 aromatic carbocycles. The summed E-state index contributed by atoms with van der Waals surface area (Å²) in [7, 11) is 0. The second-order valence-corrected chi connectivity index (χ2v) is 6.15. The lowest BCUT2D eigenvalue weighted by atomic mass is 10.1. The van der Waals surface area contributed by atoms with Crippen LogP contribution in [-0.2, 0) is 11.3 Å². The Bertz CT molecular complexity index is 644. The van der Waals surface area contributed by atoms with Gasteiger partial charge in [-0.15, -0.1) is 10.2 Å². The standard InChI is InChI=1S/C15H18N4O3S/c20-13-6-2-1-4-11(13)8-19(9-12-5-3-7-22-12)15(21)17-14-18-16-10-23-14/h1-2,4,6,10,12,20H,3,5,7-9H2,(H,17,18,21). The number of para-hydroxylation sites is 1. The number of carbonyl (C=O) groups excluding carboxylic acids is 1. The van der Waals surface area contributed by atoms with Gasteiger partial charge in [0, 0.05) is 18.7 Å². The monoisotopic (exact) mass is 334 g/mol. The van der Waals surface area contributed by atoms with Crippen LogP contribution in [0.25, 0.3) is 0 Å². The van der Waals surface area contributed by atoms with E-state index in [1.807, 2.05) is 6.07 Å². The first-order valence-corrected chi connectivity index (χ1v) is 8.31. The third kappa shape index (κ3) is 4.17. The fourth-order valence-electron chi connectivity index (χ4n) is 2.50. The summed E-state index contributed by atoms with van der Waals surface area (Å²) in [6.07, 6.45) is 1.97. The van der Waals surface area contributed by atoms with E-state index in [0.717, 1.165) is 19.4 Å². The number of hydrogen-bond donors (Lipinski definition) is 2. The van der Waals surface area contributed by atoms with E-state index in [1.165, 1.54) is 11.3 Å². The highest BCUT2D eigenvalue weighted by atomic mass is 32.1. The first-order chi connectivity index (χ1) is 11.2. The molecule has 2 heterocycles. The molecule has 1 aliphatic heterocycles. The van der Waals surface area contributed by atoms with Crippen LogP contribution in [0.1, 0.15) is 18.4 Å². The zero-order valence-electron chi connectivity index (χ0n) is 12.5. The summed E-state index contributed by atoms with van der Waals surface area (Å²) >= 11 is 1.26. The number of phenols is 1. The Morgan fingerprint density at radius 3 is 3.04 bits per heavy atom. The van der Waals surface area contributed by atoms with Gasteiger partial charge in [-0.1, -0.05) is 29.5 Å². The van der Waals surface area contributed by atoms with E-state index in [0.29, 0.717) is 23.8 Å².